The van der Waals surface area contributed by atoms with Crippen LogP contribution >= 0.6 is 15.9 Å². The summed E-state index contributed by atoms with van der Waals surface area (Å²) in [4.78, 5) is 0. The van der Waals surface area contributed by atoms with Gasteiger partial charge in [-0.25, -0.2) is 0 Å². The molecule has 0 aliphatic rings. The Hall–Kier alpha value is -1.20. The fourth-order valence-corrected chi connectivity index (χ4v) is 2.07. The molecule has 1 aromatic carbocycles. The van der Waals surface area contributed by atoms with Gasteiger partial charge >= 0.3 is 0 Å². The van der Waals surface area contributed by atoms with Gasteiger partial charge in [0.1, 0.15) is 12.2 Å². The molecule has 0 saturated heterocycles. The fourth-order valence-electron chi connectivity index (χ4n) is 1.62. The van der Waals surface area contributed by atoms with Gasteiger partial charge in [-0.3, -0.25) is 0 Å². The Balaban J connectivity index is 2.10. The minimum atomic E-state index is 0.670. The maximum absolute atomic E-state index is 5.06. The number of aromatic nitrogens is 3. The van der Waals surface area contributed by atoms with Crippen LogP contribution in [0.3, 0.4) is 0 Å². The van der Waals surface area contributed by atoms with Gasteiger partial charge < -0.3 is 9.30 Å². The topological polar surface area (TPSA) is 39.9 Å². The monoisotopic (exact) mass is 295 g/mol. The lowest BCUT2D eigenvalue weighted by atomic mass is 10.1. The van der Waals surface area contributed by atoms with Crippen LogP contribution < -0.4 is 0 Å². The van der Waals surface area contributed by atoms with E-state index >= 15 is 0 Å². The van der Waals surface area contributed by atoms with Crippen LogP contribution in [0, 0.1) is 0 Å². The fraction of sp³-hybridized carbons (Fsp3) is 0.333. The van der Waals surface area contributed by atoms with E-state index < -0.39 is 0 Å². The minimum Gasteiger partial charge on any atom is -0.383 e. The molecule has 0 radical (unpaired) electrons. The maximum atomic E-state index is 5.06. The molecule has 0 aliphatic heterocycles. The van der Waals surface area contributed by atoms with Gasteiger partial charge in [0.2, 0.25) is 0 Å². The average Bonchev–Trinajstić information content (AvgIpc) is 2.74. The van der Waals surface area contributed by atoms with Crippen molar-refractivity contribution in [1.82, 2.24) is 14.8 Å². The highest BCUT2D eigenvalue weighted by atomic mass is 79.9. The lowest BCUT2D eigenvalue weighted by Gasteiger charge is -2.06. The van der Waals surface area contributed by atoms with E-state index in [-0.39, 0.29) is 0 Å². The molecule has 1 aromatic heterocycles. The van der Waals surface area contributed by atoms with Gasteiger partial charge in [0, 0.05) is 24.5 Å². The van der Waals surface area contributed by atoms with Gasteiger partial charge in [-0.2, -0.15) is 0 Å². The third-order valence-electron chi connectivity index (χ3n) is 2.48. The number of hydrogen-bond donors (Lipinski definition) is 0. The van der Waals surface area contributed by atoms with Crippen molar-refractivity contribution in [3.63, 3.8) is 0 Å². The predicted molar refractivity (Wildman–Crippen MR) is 68.8 cm³/mol. The van der Waals surface area contributed by atoms with Crippen LogP contribution in [0.1, 0.15) is 11.4 Å². The predicted octanol–water partition coefficient (Wildman–Crippen LogP) is 2.28. The number of nitrogens with zero attached hydrogens (tertiary/aromatic N) is 3. The van der Waals surface area contributed by atoms with E-state index in [0.29, 0.717) is 6.61 Å². The van der Waals surface area contributed by atoms with E-state index in [1.807, 2.05) is 16.7 Å². The molecular formula is C12H14BrN3O. The van der Waals surface area contributed by atoms with Crippen LogP contribution in [-0.2, 0) is 17.7 Å². The van der Waals surface area contributed by atoms with Gasteiger partial charge in [0.15, 0.2) is 0 Å². The lowest BCUT2D eigenvalue weighted by molar-refractivity contribution is 0.186. The molecular weight excluding hydrogens is 282 g/mol. The first kappa shape index (κ1) is 12.3. The summed E-state index contributed by atoms with van der Waals surface area (Å²) < 4.78 is 8.16. The van der Waals surface area contributed by atoms with E-state index in [1.165, 1.54) is 5.56 Å². The molecule has 0 aliphatic carbocycles. The van der Waals surface area contributed by atoms with Gasteiger partial charge in [0.25, 0.3) is 0 Å². The first-order valence-corrected chi connectivity index (χ1v) is 6.19. The van der Waals surface area contributed by atoms with Crippen molar-refractivity contribution in [3.05, 3.63) is 46.5 Å². The highest BCUT2D eigenvalue weighted by Crippen LogP contribution is 2.14. The molecule has 0 saturated carbocycles. The summed E-state index contributed by atoms with van der Waals surface area (Å²) in [6.45, 7) is 1.45. The summed E-state index contributed by atoms with van der Waals surface area (Å²) in [5.74, 6) is 0.958. The second-order valence-corrected chi connectivity index (χ2v) is 4.66. The number of hydrogen-bond acceptors (Lipinski definition) is 3. The molecule has 0 amide bonds. The maximum Gasteiger partial charge on any atom is 0.137 e. The van der Waals surface area contributed by atoms with Gasteiger partial charge in [-0.15, -0.1) is 10.2 Å². The van der Waals surface area contributed by atoms with Crippen LogP contribution in [0.5, 0.6) is 0 Å². The smallest absolute Gasteiger partial charge is 0.137 e. The Bertz CT molecular complexity index is 484. The summed E-state index contributed by atoms with van der Waals surface area (Å²) in [7, 11) is 1.69. The highest BCUT2D eigenvalue weighted by Gasteiger charge is 2.05. The summed E-state index contributed by atoms with van der Waals surface area (Å²) >= 11 is 3.46. The standard InChI is InChI=1S/C12H14BrN3O/c1-17-6-5-16-9-14-15-12(16)8-10-3-2-4-11(13)7-10/h2-4,7,9H,5-6,8H2,1H3. The Morgan fingerprint density at radius 1 is 1.41 bits per heavy atom. The van der Waals surface area contributed by atoms with Crippen LogP contribution in [0.4, 0.5) is 0 Å². The average molecular weight is 296 g/mol. The minimum absolute atomic E-state index is 0.670. The first-order chi connectivity index (χ1) is 8.29. The molecule has 0 N–H and O–H groups in total. The number of rotatable bonds is 5. The van der Waals surface area contributed by atoms with Crippen molar-refractivity contribution in [2.75, 3.05) is 13.7 Å². The molecule has 5 heteroatoms. The Morgan fingerprint density at radius 3 is 3.06 bits per heavy atom. The lowest BCUT2D eigenvalue weighted by Crippen LogP contribution is -2.08. The van der Waals surface area contributed by atoms with Gasteiger partial charge in [-0.1, -0.05) is 28.1 Å². The van der Waals surface area contributed by atoms with E-state index in [0.717, 1.165) is 23.3 Å². The summed E-state index contributed by atoms with van der Waals surface area (Å²) in [5, 5.41) is 8.08. The normalized spacial score (nSPS) is 10.7. The van der Waals surface area contributed by atoms with E-state index in [4.69, 9.17) is 4.74 Å². The number of methoxy groups -OCH3 is 1. The third kappa shape index (κ3) is 3.38. The van der Waals surface area contributed by atoms with Crippen molar-refractivity contribution >= 4 is 15.9 Å². The molecule has 90 valence electrons. The molecule has 0 fully saturated rings. The molecule has 1 heterocycles. The summed E-state index contributed by atoms with van der Waals surface area (Å²) in [5.41, 5.74) is 1.21. The van der Waals surface area contributed by atoms with Crippen molar-refractivity contribution in [1.29, 1.82) is 0 Å². The molecule has 0 spiro atoms. The van der Waals surface area contributed by atoms with Crippen LogP contribution in [0.25, 0.3) is 0 Å². The van der Waals surface area contributed by atoms with E-state index in [9.17, 15) is 0 Å². The zero-order chi connectivity index (χ0) is 12.1. The van der Waals surface area contributed by atoms with Crippen molar-refractivity contribution < 1.29 is 4.74 Å². The quantitative estimate of drug-likeness (QED) is 0.850. The second-order valence-electron chi connectivity index (χ2n) is 3.74. The first-order valence-electron chi connectivity index (χ1n) is 5.39. The summed E-state index contributed by atoms with van der Waals surface area (Å²) in [6, 6.07) is 8.21. The van der Waals surface area contributed by atoms with Crippen molar-refractivity contribution in [2.24, 2.45) is 0 Å². The molecule has 17 heavy (non-hydrogen) atoms. The van der Waals surface area contributed by atoms with Crippen LogP contribution in [-0.4, -0.2) is 28.5 Å². The SMILES string of the molecule is COCCn1cnnc1Cc1cccc(Br)c1. The van der Waals surface area contributed by atoms with Crippen molar-refractivity contribution in [2.45, 2.75) is 13.0 Å². The highest BCUT2D eigenvalue weighted by molar-refractivity contribution is 9.10. The molecule has 2 rings (SSSR count). The Labute approximate surface area is 109 Å². The van der Waals surface area contributed by atoms with Crippen molar-refractivity contribution in [3.8, 4) is 0 Å². The Kier molecular flexibility index (Phi) is 4.28. The molecule has 0 bridgehead atoms. The van der Waals surface area contributed by atoms with Crippen LogP contribution in [0.2, 0.25) is 0 Å². The summed E-state index contributed by atoms with van der Waals surface area (Å²) in [6.07, 6.45) is 2.52. The van der Waals surface area contributed by atoms with E-state index in [1.54, 1.807) is 13.4 Å². The van der Waals surface area contributed by atoms with Gasteiger partial charge in [-0.05, 0) is 17.7 Å². The third-order valence-corrected chi connectivity index (χ3v) is 2.98. The zero-order valence-corrected chi connectivity index (χ0v) is 11.2. The molecule has 0 unspecified atom stereocenters. The van der Waals surface area contributed by atoms with Gasteiger partial charge in [0.05, 0.1) is 6.61 Å². The zero-order valence-electron chi connectivity index (χ0n) is 9.64. The van der Waals surface area contributed by atoms with Crippen LogP contribution in [0.15, 0.2) is 35.1 Å². The van der Waals surface area contributed by atoms with E-state index in [2.05, 4.69) is 38.3 Å². The Morgan fingerprint density at radius 2 is 2.29 bits per heavy atom. The molecule has 4 nitrogen and oxygen atoms in total. The second kappa shape index (κ2) is 5.93. The number of benzene rings is 1. The molecule has 2 aromatic rings. The molecule has 0 atom stereocenters. The largest absolute Gasteiger partial charge is 0.383 e. The number of ether oxygens (including phenoxy) is 1. The number of halogens is 1.